The molecule has 1 fully saturated rings. The monoisotopic (exact) mass is 311 g/mol. The number of likely N-dealkylation sites (N-methyl/N-ethyl adjacent to an activating group) is 1. The summed E-state index contributed by atoms with van der Waals surface area (Å²) in [5.74, 6) is 0.477. The third-order valence-corrected chi connectivity index (χ3v) is 5.20. The molecule has 1 heterocycles. The Bertz CT molecular complexity index is 392. The minimum Gasteiger partial charge on any atom is -0.339 e. The molecule has 1 aliphatic heterocycles. The SMILES string of the molecule is CN(C)CC(=O)N1CCN(S(=O)(=O)CCCCl)CC1. The number of amides is 1. The van der Waals surface area contributed by atoms with Gasteiger partial charge in [-0.1, -0.05) is 0 Å². The van der Waals surface area contributed by atoms with E-state index in [1.165, 1.54) is 4.31 Å². The first-order valence-electron chi connectivity index (χ1n) is 6.33. The van der Waals surface area contributed by atoms with Gasteiger partial charge in [-0.3, -0.25) is 4.79 Å². The van der Waals surface area contributed by atoms with Crippen LogP contribution < -0.4 is 0 Å². The Labute approximate surface area is 120 Å². The van der Waals surface area contributed by atoms with Crippen molar-refractivity contribution < 1.29 is 13.2 Å². The molecule has 112 valence electrons. The number of hydrogen-bond acceptors (Lipinski definition) is 4. The van der Waals surface area contributed by atoms with Crippen LogP contribution >= 0.6 is 11.6 Å². The van der Waals surface area contributed by atoms with E-state index in [1.54, 1.807) is 4.90 Å². The summed E-state index contributed by atoms with van der Waals surface area (Å²) < 4.78 is 25.4. The molecule has 0 radical (unpaired) electrons. The Morgan fingerprint density at radius 1 is 1.21 bits per heavy atom. The van der Waals surface area contributed by atoms with E-state index in [9.17, 15) is 13.2 Å². The normalized spacial score (nSPS) is 18.0. The van der Waals surface area contributed by atoms with Gasteiger partial charge in [-0.05, 0) is 20.5 Å². The van der Waals surface area contributed by atoms with Gasteiger partial charge in [-0.15, -0.1) is 11.6 Å². The molecule has 0 aromatic carbocycles. The Balaban J connectivity index is 2.46. The first kappa shape index (κ1) is 16.7. The second-order valence-corrected chi connectivity index (χ2v) is 7.34. The van der Waals surface area contributed by atoms with E-state index < -0.39 is 10.0 Å². The third-order valence-electron chi connectivity index (χ3n) is 2.97. The topological polar surface area (TPSA) is 60.9 Å². The quantitative estimate of drug-likeness (QED) is 0.629. The maximum Gasteiger partial charge on any atom is 0.236 e. The molecule has 0 aliphatic carbocycles. The number of halogens is 1. The molecule has 0 atom stereocenters. The van der Waals surface area contributed by atoms with Gasteiger partial charge in [0.2, 0.25) is 15.9 Å². The van der Waals surface area contributed by atoms with E-state index in [4.69, 9.17) is 11.6 Å². The molecule has 6 nitrogen and oxygen atoms in total. The lowest BCUT2D eigenvalue weighted by Crippen LogP contribution is -2.52. The summed E-state index contributed by atoms with van der Waals surface area (Å²) in [7, 11) is 0.459. The molecule has 0 unspecified atom stereocenters. The highest BCUT2D eigenvalue weighted by Gasteiger charge is 2.28. The van der Waals surface area contributed by atoms with Gasteiger partial charge < -0.3 is 9.80 Å². The number of carbonyl (C=O) groups excluding carboxylic acids is 1. The maximum absolute atomic E-state index is 12.0. The Hall–Kier alpha value is -0.370. The van der Waals surface area contributed by atoms with Crippen molar-refractivity contribution in [1.82, 2.24) is 14.1 Å². The fraction of sp³-hybridized carbons (Fsp3) is 0.909. The number of carbonyl (C=O) groups is 1. The molecule has 1 amide bonds. The van der Waals surface area contributed by atoms with E-state index in [2.05, 4.69) is 0 Å². The van der Waals surface area contributed by atoms with Crippen LogP contribution in [0.4, 0.5) is 0 Å². The lowest BCUT2D eigenvalue weighted by molar-refractivity contribution is -0.133. The smallest absolute Gasteiger partial charge is 0.236 e. The lowest BCUT2D eigenvalue weighted by Gasteiger charge is -2.34. The van der Waals surface area contributed by atoms with Crippen LogP contribution in [0.5, 0.6) is 0 Å². The van der Waals surface area contributed by atoms with Crippen LogP contribution in [0.25, 0.3) is 0 Å². The lowest BCUT2D eigenvalue weighted by atomic mass is 10.3. The van der Waals surface area contributed by atoms with Crippen molar-refractivity contribution in [2.45, 2.75) is 6.42 Å². The average molecular weight is 312 g/mol. The van der Waals surface area contributed by atoms with E-state index >= 15 is 0 Å². The van der Waals surface area contributed by atoms with E-state index in [-0.39, 0.29) is 11.7 Å². The van der Waals surface area contributed by atoms with Crippen molar-refractivity contribution in [3.8, 4) is 0 Å². The summed E-state index contributed by atoms with van der Waals surface area (Å²) in [5, 5.41) is 0. The van der Waals surface area contributed by atoms with Gasteiger partial charge in [0.25, 0.3) is 0 Å². The molecule has 1 saturated heterocycles. The van der Waals surface area contributed by atoms with Gasteiger partial charge in [-0.25, -0.2) is 8.42 Å². The first-order valence-corrected chi connectivity index (χ1v) is 8.47. The molecule has 0 saturated carbocycles. The molecule has 8 heteroatoms. The molecule has 1 rings (SSSR count). The molecule has 0 aromatic heterocycles. The number of piperazine rings is 1. The van der Waals surface area contributed by atoms with Gasteiger partial charge in [0.15, 0.2) is 0 Å². The average Bonchev–Trinajstić information content (AvgIpc) is 2.36. The second-order valence-electron chi connectivity index (χ2n) is 4.88. The van der Waals surface area contributed by atoms with Gasteiger partial charge in [0, 0.05) is 32.1 Å². The standard InChI is InChI=1S/C11H22ClN3O3S/c1-13(2)10-11(16)14-5-7-15(8-6-14)19(17,18)9-3-4-12/h3-10H2,1-2H3. The van der Waals surface area contributed by atoms with Crippen LogP contribution in [0.2, 0.25) is 0 Å². The van der Waals surface area contributed by atoms with Crippen LogP contribution in [0.1, 0.15) is 6.42 Å². The van der Waals surface area contributed by atoms with Crippen LogP contribution in [-0.4, -0.2) is 86.9 Å². The predicted octanol–water partition coefficient (Wildman–Crippen LogP) is -0.349. The molecule has 0 bridgehead atoms. The van der Waals surface area contributed by atoms with Gasteiger partial charge in [-0.2, -0.15) is 4.31 Å². The minimum atomic E-state index is -3.22. The fourth-order valence-corrected chi connectivity index (χ4v) is 3.73. The van der Waals surface area contributed by atoms with Crippen LogP contribution in [0, 0.1) is 0 Å². The molecule has 0 aromatic rings. The summed E-state index contributed by atoms with van der Waals surface area (Å²) in [6, 6.07) is 0. The highest BCUT2D eigenvalue weighted by Crippen LogP contribution is 2.09. The predicted molar refractivity (Wildman–Crippen MR) is 75.8 cm³/mol. The van der Waals surface area contributed by atoms with Crippen molar-refractivity contribution in [3.05, 3.63) is 0 Å². The fourth-order valence-electron chi connectivity index (χ4n) is 1.95. The number of sulfonamides is 1. The van der Waals surface area contributed by atoms with E-state index in [1.807, 2.05) is 19.0 Å². The molecule has 0 spiro atoms. The van der Waals surface area contributed by atoms with Crippen molar-refractivity contribution >= 4 is 27.5 Å². The number of alkyl halides is 1. The number of nitrogens with zero attached hydrogens (tertiary/aromatic N) is 3. The highest BCUT2D eigenvalue weighted by molar-refractivity contribution is 7.89. The van der Waals surface area contributed by atoms with Crippen molar-refractivity contribution in [2.75, 3.05) is 58.5 Å². The highest BCUT2D eigenvalue weighted by atomic mass is 35.5. The summed E-state index contributed by atoms with van der Waals surface area (Å²) in [6.45, 7) is 2.05. The second kappa shape index (κ2) is 7.42. The third kappa shape index (κ3) is 5.25. The summed E-state index contributed by atoms with van der Waals surface area (Å²) in [5.41, 5.74) is 0. The van der Waals surface area contributed by atoms with E-state index in [0.29, 0.717) is 45.0 Å². The van der Waals surface area contributed by atoms with Crippen molar-refractivity contribution in [3.63, 3.8) is 0 Å². The van der Waals surface area contributed by atoms with Crippen molar-refractivity contribution in [1.29, 1.82) is 0 Å². The summed E-state index contributed by atoms with van der Waals surface area (Å²) >= 11 is 5.52. The summed E-state index contributed by atoms with van der Waals surface area (Å²) in [6.07, 6.45) is 0.462. The maximum atomic E-state index is 12.0. The molecule has 0 N–H and O–H groups in total. The van der Waals surface area contributed by atoms with Crippen LogP contribution in [0.15, 0.2) is 0 Å². The molecular weight excluding hydrogens is 290 g/mol. The van der Waals surface area contributed by atoms with Crippen molar-refractivity contribution in [2.24, 2.45) is 0 Å². The zero-order chi connectivity index (χ0) is 14.5. The number of hydrogen-bond donors (Lipinski definition) is 0. The zero-order valence-electron chi connectivity index (χ0n) is 11.5. The molecular formula is C11H22ClN3O3S. The molecule has 19 heavy (non-hydrogen) atoms. The summed E-state index contributed by atoms with van der Waals surface area (Å²) in [4.78, 5) is 15.4. The molecule has 1 aliphatic rings. The Morgan fingerprint density at radius 2 is 1.79 bits per heavy atom. The van der Waals surface area contributed by atoms with Gasteiger partial charge in [0.05, 0.1) is 12.3 Å². The van der Waals surface area contributed by atoms with Gasteiger partial charge in [0.1, 0.15) is 0 Å². The largest absolute Gasteiger partial charge is 0.339 e. The van der Waals surface area contributed by atoms with Crippen LogP contribution in [0.3, 0.4) is 0 Å². The van der Waals surface area contributed by atoms with E-state index in [0.717, 1.165) is 0 Å². The zero-order valence-corrected chi connectivity index (χ0v) is 13.1. The Morgan fingerprint density at radius 3 is 2.26 bits per heavy atom. The minimum absolute atomic E-state index is 0.0443. The van der Waals surface area contributed by atoms with Crippen LogP contribution in [-0.2, 0) is 14.8 Å². The first-order chi connectivity index (χ1) is 8.86. The number of rotatable bonds is 6. The Kier molecular flexibility index (Phi) is 6.52. The van der Waals surface area contributed by atoms with Gasteiger partial charge >= 0.3 is 0 Å².